The highest BCUT2D eigenvalue weighted by Crippen LogP contribution is 2.32. The number of hydrogen-bond donors (Lipinski definition) is 1. The maximum atomic E-state index is 5.51. The van der Waals surface area contributed by atoms with Crippen LogP contribution in [0.2, 0.25) is 0 Å². The van der Waals surface area contributed by atoms with Gasteiger partial charge in [0.25, 0.3) is 0 Å². The molecule has 3 heterocycles. The number of ether oxygens (including phenoxy) is 2. The van der Waals surface area contributed by atoms with Gasteiger partial charge in [-0.15, -0.1) is 0 Å². The van der Waals surface area contributed by atoms with Crippen LogP contribution in [0.1, 0.15) is 16.7 Å². The van der Waals surface area contributed by atoms with Gasteiger partial charge in [-0.3, -0.25) is 9.89 Å². The van der Waals surface area contributed by atoms with Crippen molar-refractivity contribution in [2.24, 2.45) is 4.99 Å². The van der Waals surface area contributed by atoms with E-state index in [2.05, 4.69) is 66.1 Å². The molecule has 1 aromatic heterocycles. The van der Waals surface area contributed by atoms with Gasteiger partial charge in [-0.25, -0.2) is 4.98 Å². The molecule has 0 saturated carbocycles. The van der Waals surface area contributed by atoms with Crippen LogP contribution >= 0.6 is 0 Å². The molecule has 5 rings (SSSR count). The first-order valence-corrected chi connectivity index (χ1v) is 11.4. The second-order valence-corrected chi connectivity index (χ2v) is 8.40. The van der Waals surface area contributed by atoms with Gasteiger partial charge >= 0.3 is 0 Å². The van der Waals surface area contributed by atoms with Crippen LogP contribution in [0.3, 0.4) is 0 Å². The zero-order valence-electron chi connectivity index (χ0n) is 19.0. The van der Waals surface area contributed by atoms with Gasteiger partial charge in [0.1, 0.15) is 0 Å². The van der Waals surface area contributed by atoms with Gasteiger partial charge < -0.3 is 24.3 Å². The van der Waals surface area contributed by atoms with Crippen molar-refractivity contribution in [3.8, 4) is 11.5 Å². The molecule has 1 fully saturated rings. The monoisotopic (exact) mass is 446 g/mol. The minimum Gasteiger partial charge on any atom is -0.454 e. The maximum absolute atomic E-state index is 5.51. The highest BCUT2D eigenvalue weighted by molar-refractivity contribution is 5.80. The van der Waals surface area contributed by atoms with Crippen LogP contribution in [-0.2, 0) is 19.6 Å². The van der Waals surface area contributed by atoms with E-state index >= 15 is 0 Å². The van der Waals surface area contributed by atoms with Gasteiger partial charge in [-0.1, -0.05) is 30.3 Å². The van der Waals surface area contributed by atoms with Crippen LogP contribution < -0.4 is 14.8 Å². The van der Waals surface area contributed by atoms with Crippen molar-refractivity contribution in [2.45, 2.75) is 19.6 Å². The van der Waals surface area contributed by atoms with E-state index in [0.29, 0.717) is 6.79 Å². The van der Waals surface area contributed by atoms with Crippen molar-refractivity contribution >= 4 is 5.96 Å². The number of imidazole rings is 1. The van der Waals surface area contributed by atoms with Crippen LogP contribution in [-0.4, -0.2) is 65.3 Å². The minimum absolute atomic E-state index is 0.319. The lowest BCUT2D eigenvalue weighted by Gasteiger charge is -2.36. The quantitative estimate of drug-likeness (QED) is 0.464. The summed E-state index contributed by atoms with van der Waals surface area (Å²) in [5.41, 5.74) is 3.76. The van der Waals surface area contributed by atoms with Crippen molar-refractivity contribution in [3.63, 3.8) is 0 Å². The van der Waals surface area contributed by atoms with Gasteiger partial charge in [0.2, 0.25) is 6.79 Å². The topological polar surface area (TPSA) is 67.2 Å². The lowest BCUT2D eigenvalue weighted by atomic mass is 10.1. The first-order chi connectivity index (χ1) is 16.3. The number of rotatable bonds is 6. The molecule has 0 spiro atoms. The van der Waals surface area contributed by atoms with Crippen molar-refractivity contribution in [3.05, 3.63) is 77.9 Å². The van der Waals surface area contributed by atoms with Gasteiger partial charge in [0, 0.05) is 65.3 Å². The number of nitrogens with zero attached hydrogens (tertiary/aromatic N) is 5. The Hall–Kier alpha value is -3.52. The molecule has 2 aliphatic rings. The molecule has 0 atom stereocenters. The standard InChI is InChI=1S/C25H30N6O2/c1-26-25(28-15-20-2-4-21(5-3-20)16-30-9-8-27-18-30)31-12-10-29(11-13-31)17-22-6-7-23-24(14-22)33-19-32-23/h2-9,14,18H,10-13,15-17,19H2,1H3,(H,26,28). The summed E-state index contributed by atoms with van der Waals surface area (Å²) >= 11 is 0. The normalized spacial score (nSPS) is 16.3. The summed E-state index contributed by atoms with van der Waals surface area (Å²) in [7, 11) is 1.86. The zero-order chi connectivity index (χ0) is 22.5. The molecule has 8 nitrogen and oxygen atoms in total. The number of fused-ring (bicyclic) bond motifs is 1. The lowest BCUT2D eigenvalue weighted by Crippen LogP contribution is -2.52. The summed E-state index contributed by atoms with van der Waals surface area (Å²) in [6.45, 7) is 6.74. The molecule has 1 saturated heterocycles. The van der Waals surface area contributed by atoms with E-state index in [4.69, 9.17) is 9.47 Å². The maximum Gasteiger partial charge on any atom is 0.231 e. The molecular formula is C25H30N6O2. The summed E-state index contributed by atoms with van der Waals surface area (Å²) in [6, 6.07) is 14.9. The largest absolute Gasteiger partial charge is 0.454 e. The van der Waals surface area contributed by atoms with Gasteiger partial charge in [-0.2, -0.15) is 0 Å². The summed E-state index contributed by atoms with van der Waals surface area (Å²) in [6.07, 6.45) is 5.63. The fourth-order valence-electron chi connectivity index (χ4n) is 4.28. The third-order valence-corrected chi connectivity index (χ3v) is 6.12. The Morgan fingerprint density at radius 1 is 0.939 bits per heavy atom. The molecule has 3 aromatic rings. The molecule has 0 aliphatic carbocycles. The first-order valence-electron chi connectivity index (χ1n) is 11.4. The SMILES string of the molecule is CN=C(NCc1ccc(Cn2ccnc2)cc1)N1CCN(Cc2ccc3c(c2)OCO3)CC1. The van der Waals surface area contributed by atoms with E-state index < -0.39 is 0 Å². The highest BCUT2D eigenvalue weighted by Gasteiger charge is 2.21. The summed E-state index contributed by atoms with van der Waals surface area (Å²) in [5, 5.41) is 3.53. The number of piperazine rings is 1. The van der Waals surface area contributed by atoms with Crippen LogP contribution in [0.4, 0.5) is 0 Å². The molecule has 2 aliphatic heterocycles. The number of nitrogens with one attached hydrogen (secondary N) is 1. The van der Waals surface area contributed by atoms with E-state index in [1.807, 2.05) is 25.6 Å². The Bertz CT molecular complexity index is 1070. The van der Waals surface area contributed by atoms with Gasteiger partial charge in [-0.05, 0) is 28.8 Å². The predicted molar refractivity (Wildman–Crippen MR) is 127 cm³/mol. The number of benzene rings is 2. The van der Waals surface area contributed by atoms with Crippen molar-refractivity contribution in [2.75, 3.05) is 40.0 Å². The van der Waals surface area contributed by atoms with Crippen molar-refractivity contribution in [1.29, 1.82) is 0 Å². The van der Waals surface area contributed by atoms with E-state index in [0.717, 1.165) is 63.3 Å². The summed E-state index contributed by atoms with van der Waals surface area (Å²) < 4.78 is 13.0. The second kappa shape index (κ2) is 9.95. The predicted octanol–water partition coefficient (Wildman–Crippen LogP) is 2.55. The van der Waals surface area contributed by atoms with E-state index in [1.54, 1.807) is 6.20 Å². The highest BCUT2D eigenvalue weighted by atomic mass is 16.7. The Balaban J connectivity index is 1.09. The molecule has 172 valence electrons. The molecule has 0 radical (unpaired) electrons. The Kier molecular flexibility index (Phi) is 6.44. The fourth-order valence-corrected chi connectivity index (χ4v) is 4.28. The van der Waals surface area contributed by atoms with Crippen LogP contribution in [0, 0.1) is 0 Å². The molecule has 8 heteroatoms. The molecule has 1 N–H and O–H groups in total. The zero-order valence-corrected chi connectivity index (χ0v) is 19.0. The summed E-state index contributed by atoms with van der Waals surface area (Å²) in [4.78, 5) is 13.4. The Labute approximate surface area is 194 Å². The average molecular weight is 447 g/mol. The number of aromatic nitrogens is 2. The molecule has 0 unspecified atom stereocenters. The molecule has 0 amide bonds. The van der Waals surface area contributed by atoms with Crippen LogP contribution in [0.5, 0.6) is 11.5 Å². The van der Waals surface area contributed by atoms with Gasteiger partial charge in [0.05, 0.1) is 6.33 Å². The van der Waals surface area contributed by atoms with Gasteiger partial charge in [0.15, 0.2) is 17.5 Å². The van der Waals surface area contributed by atoms with E-state index in [1.165, 1.54) is 16.7 Å². The Morgan fingerprint density at radius 2 is 1.70 bits per heavy atom. The third kappa shape index (κ3) is 5.28. The molecular weight excluding hydrogens is 416 g/mol. The second-order valence-electron chi connectivity index (χ2n) is 8.40. The third-order valence-electron chi connectivity index (χ3n) is 6.12. The van der Waals surface area contributed by atoms with Crippen molar-refractivity contribution < 1.29 is 9.47 Å². The lowest BCUT2D eigenvalue weighted by molar-refractivity contribution is 0.171. The number of guanidine groups is 1. The van der Waals surface area contributed by atoms with Crippen LogP contribution in [0.25, 0.3) is 0 Å². The molecule has 0 bridgehead atoms. The minimum atomic E-state index is 0.319. The Morgan fingerprint density at radius 3 is 2.45 bits per heavy atom. The number of hydrogen-bond acceptors (Lipinski definition) is 5. The first kappa shape index (κ1) is 21.3. The average Bonchev–Trinajstić information content (AvgIpc) is 3.53. The molecule has 2 aromatic carbocycles. The molecule has 33 heavy (non-hydrogen) atoms. The summed E-state index contributed by atoms with van der Waals surface area (Å²) in [5.74, 6) is 2.65. The van der Waals surface area contributed by atoms with Crippen molar-refractivity contribution in [1.82, 2.24) is 24.7 Å². The van der Waals surface area contributed by atoms with E-state index in [-0.39, 0.29) is 0 Å². The van der Waals surface area contributed by atoms with Crippen LogP contribution in [0.15, 0.2) is 66.2 Å². The smallest absolute Gasteiger partial charge is 0.231 e. The van der Waals surface area contributed by atoms with E-state index in [9.17, 15) is 0 Å². The fraction of sp³-hybridized carbons (Fsp3) is 0.360. The number of aliphatic imine (C=N–C) groups is 1.